The van der Waals surface area contributed by atoms with Gasteiger partial charge in [-0.3, -0.25) is 0 Å². The Morgan fingerprint density at radius 3 is 2.50 bits per heavy atom. The second-order valence-electron chi connectivity index (χ2n) is 1.42. The fourth-order valence-electron chi connectivity index (χ4n) is 0.303. The van der Waals surface area contributed by atoms with Gasteiger partial charge in [-0.05, 0) is 6.92 Å². The van der Waals surface area contributed by atoms with Crippen LogP contribution in [0.25, 0.3) is 0 Å². The van der Waals surface area contributed by atoms with E-state index in [1.165, 1.54) is 6.92 Å². The number of hydrogen-bond donors (Lipinski definition) is 0. The first kappa shape index (κ1) is 14.3. The Balaban J connectivity index is -0.000000500. The van der Waals surface area contributed by atoms with Crippen LogP contribution in [0.2, 0.25) is 0 Å². The number of rotatable bonds is 4. The fraction of sp³-hybridized carbons (Fsp3) is 0.400. The average Bonchev–Trinajstić information content (AvgIpc) is 1.86. The van der Waals surface area contributed by atoms with E-state index in [9.17, 15) is 13.2 Å². The van der Waals surface area contributed by atoms with Gasteiger partial charge in [0.2, 0.25) is 0 Å². The average molecular weight is 188 g/mol. The molecule has 0 aliphatic carbocycles. The van der Waals surface area contributed by atoms with Gasteiger partial charge in [0.25, 0.3) is 0 Å². The molecule has 12 heavy (non-hydrogen) atoms. The minimum atomic E-state index is -4.16. The monoisotopic (exact) mass is 188 g/mol. The molecule has 0 heterocycles. The molecule has 0 aromatic carbocycles. The summed E-state index contributed by atoms with van der Waals surface area (Å²) in [6, 6.07) is 0. The molecular weight excluding hydrogens is 179 g/mol. The van der Waals surface area contributed by atoms with E-state index in [0.717, 1.165) is 6.08 Å². The van der Waals surface area contributed by atoms with Gasteiger partial charge in [0, 0.05) is 6.08 Å². The van der Waals surface area contributed by atoms with E-state index in [2.05, 4.69) is 14.9 Å². The van der Waals surface area contributed by atoms with Crippen LogP contribution in [0.5, 0.6) is 0 Å². The molecule has 0 bridgehead atoms. The maximum absolute atomic E-state index is 10.5. The zero-order valence-corrected chi connectivity index (χ0v) is 7.76. The summed E-state index contributed by atoms with van der Waals surface area (Å²) in [5, 5.41) is 0. The molecule has 66 valence electrons. The molecule has 0 N–H and O–H groups in total. The molecule has 0 saturated carbocycles. The van der Waals surface area contributed by atoms with Crippen molar-refractivity contribution in [1.29, 1.82) is 0 Å². The molecule has 0 aromatic heterocycles. The molecule has 0 saturated heterocycles. The SMILES string of the molecule is C=CC(=O)OS(=O)(=O)OCC.[H-].[Li+]. The minimum Gasteiger partial charge on any atom is -1.00 e. The first-order chi connectivity index (χ1) is 5.02. The molecule has 0 radical (unpaired) electrons. The van der Waals surface area contributed by atoms with Gasteiger partial charge in [-0.1, -0.05) is 6.58 Å². The minimum absolute atomic E-state index is 0. The van der Waals surface area contributed by atoms with Crippen LogP contribution in [0.1, 0.15) is 8.35 Å². The molecule has 0 rings (SSSR count). The molecule has 0 aromatic rings. The van der Waals surface area contributed by atoms with Crippen LogP contribution in [0.15, 0.2) is 12.7 Å². The van der Waals surface area contributed by atoms with E-state index >= 15 is 0 Å². The maximum Gasteiger partial charge on any atom is 1.00 e. The second-order valence-corrected chi connectivity index (χ2v) is 2.64. The fourth-order valence-corrected chi connectivity index (χ4v) is 0.909. The Bertz CT molecular complexity index is 250. The third-order valence-corrected chi connectivity index (χ3v) is 1.51. The van der Waals surface area contributed by atoms with Crippen molar-refractivity contribution in [3.63, 3.8) is 0 Å². The normalized spacial score (nSPS) is 9.75. The smallest absolute Gasteiger partial charge is 1.00 e. The molecule has 0 aliphatic heterocycles. The van der Waals surface area contributed by atoms with Crippen LogP contribution in [-0.4, -0.2) is 21.0 Å². The maximum atomic E-state index is 10.5. The Morgan fingerprint density at radius 1 is 1.67 bits per heavy atom. The van der Waals surface area contributed by atoms with Crippen molar-refractivity contribution in [2.24, 2.45) is 0 Å². The number of carbonyl (C=O) groups is 1. The zero-order chi connectivity index (χ0) is 8.91. The van der Waals surface area contributed by atoms with Gasteiger partial charge >= 0.3 is 35.2 Å². The molecule has 0 unspecified atom stereocenters. The summed E-state index contributed by atoms with van der Waals surface area (Å²) < 4.78 is 28.9. The van der Waals surface area contributed by atoms with Crippen LogP contribution in [0.4, 0.5) is 0 Å². The predicted molar refractivity (Wildman–Crippen MR) is 37.9 cm³/mol. The van der Waals surface area contributed by atoms with Gasteiger partial charge in [-0.15, -0.1) is 0 Å². The molecule has 0 amide bonds. The van der Waals surface area contributed by atoms with E-state index in [0.29, 0.717) is 0 Å². The number of hydrogen-bond acceptors (Lipinski definition) is 5. The molecule has 0 spiro atoms. The van der Waals surface area contributed by atoms with Gasteiger partial charge in [0.1, 0.15) is 0 Å². The quantitative estimate of drug-likeness (QED) is 0.350. The Morgan fingerprint density at radius 2 is 2.17 bits per heavy atom. The topological polar surface area (TPSA) is 69.7 Å². The first-order valence-corrected chi connectivity index (χ1v) is 4.10. The molecule has 0 atom stereocenters. The summed E-state index contributed by atoms with van der Waals surface area (Å²) >= 11 is 0. The van der Waals surface area contributed by atoms with Crippen LogP contribution < -0.4 is 18.9 Å². The zero-order valence-electron chi connectivity index (χ0n) is 7.94. The van der Waals surface area contributed by atoms with Crippen LogP contribution >= 0.6 is 0 Å². The molecule has 7 heteroatoms. The largest absolute Gasteiger partial charge is 1.00 e. The molecule has 5 nitrogen and oxygen atoms in total. The van der Waals surface area contributed by atoms with E-state index < -0.39 is 16.4 Å². The van der Waals surface area contributed by atoms with Crippen molar-refractivity contribution in [3.05, 3.63) is 12.7 Å². The van der Waals surface area contributed by atoms with Gasteiger partial charge < -0.3 is 5.61 Å². The van der Waals surface area contributed by atoms with Gasteiger partial charge in [-0.25, -0.2) is 8.98 Å². The molecule has 0 fully saturated rings. The van der Waals surface area contributed by atoms with Crippen LogP contribution in [0, 0.1) is 0 Å². The third kappa shape index (κ3) is 6.43. The molecular formula is C5H9LiO5S. The summed E-state index contributed by atoms with van der Waals surface area (Å²) in [4.78, 5) is 10.3. The standard InChI is InChI=1S/C5H8O5S.Li.H/c1-3-5(6)10-11(7,8)9-4-2;;/h3H,1,4H2,2H3;;/q;+1;-1. The summed E-state index contributed by atoms with van der Waals surface area (Å²) in [5.41, 5.74) is 0. The van der Waals surface area contributed by atoms with Crippen molar-refractivity contribution in [2.75, 3.05) is 6.61 Å². The second kappa shape index (κ2) is 6.26. The van der Waals surface area contributed by atoms with Crippen molar-refractivity contribution in [3.8, 4) is 0 Å². The molecule has 0 aliphatic rings. The first-order valence-electron chi connectivity index (χ1n) is 2.77. The number of carbonyl (C=O) groups excluding carboxylic acids is 1. The predicted octanol–water partition coefficient (Wildman–Crippen LogP) is -2.89. The van der Waals surface area contributed by atoms with Crippen LogP contribution in [-0.2, 0) is 23.6 Å². The van der Waals surface area contributed by atoms with Gasteiger partial charge in [0.05, 0.1) is 6.61 Å². The van der Waals surface area contributed by atoms with E-state index in [4.69, 9.17) is 0 Å². The summed E-state index contributed by atoms with van der Waals surface area (Å²) in [6.07, 6.45) is 0.733. The van der Waals surface area contributed by atoms with Crippen molar-refractivity contribution < 1.29 is 41.9 Å². The summed E-state index contributed by atoms with van der Waals surface area (Å²) in [6.45, 7) is 4.39. The summed E-state index contributed by atoms with van der Waals surface area (Å²) in [5.74, 6) is -1.06. The third-order valence-electron chi connectivity index (χ3n) is 0.613. The Hall–Kier alpha value is -0.283. The van der Waals surface area contributed by atoms with Gasteiger partial charge in [-0.2, -0.15) is 8.42 Å². The van der Waals surface area contributed by atoms with E-state index in [1.54, 1.807) is 0 Å². The Kier molecular flexibility index (Phi) is 7.43. The Labute approximate surface area is 84.7 Å². The summed E-state index contributed by atoms with van der Waals surface area (Å²) in [7, 11) is -4.16. The van der Waals surface area contributed by atoms with Crippen molar-refractivity contribution in [2.45, 2.75) is 6.92 Å². The van der Waals surface area contributed by atoms with Crippen molar-refractivity contribution in [1.82, 2.24) is 0 Å². The van der Waals surface area contributed by atoms with Gasteiger partial charge in [0.15, 0.2) is 0 Å². The van der Waals surface area contributed by atoms with Crippen LogP contribution in [0.3, 0.4) is 0 Å². The van der Waals surface area contributed by atoms with Crippen molar-refractivity contribution >= 4 is 16.4 Å². The van der Waals surface area contributed by atoms with E-state index in [1.807, 2.05) is 0 Å². The van der Waals surface area contributed by atoms with E-state index in [-0.39, 0.29) is 26.9 Å².